The van der Waals surface area contributed by atoms with E-state index in [1.807, 2.05) is 17.1 Å². The first-order valence-electron chi connectivity index (χ1n) is 11.0. The molecule has 1 aromatic carbocycles. The molecule has 4 heteroatoms. The van der Waals surface area contributed by atoms with E-state index in [9.17, 15) is 4.79 Å². The summed E-state index contributed by atoms with van der Waals surface area (Å²) < 4.78 is 7.36. The fraction of sp³-hybridized carbons (Fsp3) is 0.520. The highest BCUT2D eigenvalue weighted by Crippen LogP contribution is 2.60. The number of nitrogens with zero attached hydrogens (tertiary/aromatic N) is 2. The number of Topliss-reactive ketones (excluding diaryl/α,β-unsaturated/α-hetero) is 1. The molecule has 152 valence electrons. The maximum atomic E-state index is 13.4. The lowest BCUT2D eigenvalue weighted by molar-refractivity contribution is -0.127. The SMILES string of the molecule is CCn1cc(/C=C2\C[C@@H]3[C@@H]4CCc5cc(OC)ccc5[C@H]4CC[C@@]3(C)C2=O)cn1. The molecular weight excluding hydrogens is 360 g/mol. The first-order chi connectivity index (χ1) is 14.0. The van der Waals surface area contributed by atoms with Gasteiger partial charge in [0.1, 0.15) is 5.75 Å². The van der Waals surface area contributed by atoms with E-state index in [0.717, 1.165) is 49.1 Å². The largest absolute Gasteiger partial charge is 0.497 e. The van der Waals surface area contributed by atoms with Gasteiger partial charge in [-0.1, -0.05) is 13.0 Å². The van der Waals surface area contributed by atoms with Crippen molar-refractivity contribution in [1.29, 1.82) is 0 Å². The molecule has 4 atom stereocenters. The van der Waals surface area contributed by atoms with E-state index in [0.29, 0.717) is 23.5 Å². The van der Waals surface area contributed by atoms with Crippen molar-refractivity contribution in [1.82, 2.24) is 9.78 Å². The van der Waals surface area contributed by atoms with Gasteiger partial charge in [-0.25, -0.2) is 0 Å². The van der Waals surface area contributed by atoms with Gasteiger partial charge in [0.2, 0.25) is 0 Å². The minimum atomic E-state index is -0.197. The molecule has 0 saturated heterocycles. The number of benzene rings is 1. The van der Waals surface area contributed by atoms with E-state index in [-0.39, 0.29) is 5.41 Å². The number of carbonyl (C=O) groups is 1. The topological polar surface area (TPSA) is 44.1 Å². The van der Waals surface area contributed by atoms with Crippen molar-refractivity contribution in [2.45, 2.75) is 58.4 Å². The monoisotopic (exact) mass is 390 g/mol. The quantitative estimate of drug-likeness (QED) is 0.691. The number of hydrogen-bond acceptors (Lipinski definition) is 3. The molecule has 0 radical (unpaired) electrons. The van der Waals surface area contributed by atoms with Crippen LogP contribution in [0.15, 0.2) is 36.2 Å². The molecule has 4 nitrogen and oxygen atoms in total. The van der Waals surface area contributed by atoms with Gasteiger partial charge in [0.25, 0.3) is 0 Å². The summed E-state index contributed by atoms with van der Waals surface area (Å²) in [5.74, 6) is 2.97. The van der Waals surface area contributed by atoms with Gasteiger partial charge >= 0.3 is 0 Å². The summed E-state index contributed by atoms with van der Waals surface area (Å²) in [6, 6.07) is 6.60. The number of fused-ring (bicyclic) bond motifs is 5. The molecule has 2 saturated carbocycles. The number of aromatic nitrogens is 2. The summed E-state index contributed by atoms with van der Waals surface area (Å²) in [5, 5.41) is 4.37. The molecule has 0 N–H and O–H groups in total. The van der Waals surface area contributed by atoms with Crippen molar-refractivity contribution in [3.63, 3.8) is 0 Å². The third kappa shape index (κ3) is 2.87. The number of allylic oxidation sites excluding steroid dienone is 1. The van der Waals surface area contributed by atoms with E-state index < -0.39 is 0 Å². The standard InChI is InChI=1S/C25H30N2O2/c1-4-27-15-16(14-26-27)11-18-13-23-22-7-5-17-12-19(29-3)6-8-20(17)21(22)9-10-25(23,2)24(18)28/h6,8,11-12,14-15,21-23H,4-5,7,9-10,13H2,1-3H3/b18-11+/t21-,22-,23-,25-/m1/s1. The molecule has 2 aromatic rings. The lowest BCUT2D eigenvalue weighted by Crippen LogP contribution is -2.42. The lowest BCUT2D eigenvalue weighted by Gasteiger charge is -2.48. The summed E-state index contributed by atoms with van der Waals surface area (Å²) in [5.41, 5.74) is 4.81. The van der Waals surface area contributed by atoms with E-state index >= 15 is 0 Å². The van der Waals surface area contributed by atoms with E-state index in [2.05, 4.69) is 43.2 Å². The summed E-state index contributed by atoms with van der Waals surface area (Å²) in [6.45, 7) is 5.17. The van der Waals surface area contributed by atoms with Crippen LogP contribution in [0.25, 0.3) is 6.08 Å². The van der Waals surface area contributed by atoms with Crippen LogP contribution in [0.4, 0.5) is 0 Å². The molecule has 0 aliphatic heterocycles. The Morgan fingerprint density at radius 1 is 1.34 bits per heavy atom. The van der Waals surface area contributed by atoms with E-state index in [4.69, 9.17) is 4.74 Å². The lowest BCUT2D eigenvalue weighted by atomic mass is 9.55. The smallest absolute Gasteiger partial charge is 0.165 e. The average molecular weight is 391 g/mol. The molecule has 5 rings (SSSR count). The molecule has 29 heavy (non-hydrogen) atoms. The first-order valence-corrected chi connectivity index (χ1v) is 11.0. The second-order valence-electron chi connectivity index (χ2n) is 9.27. The number of ether oxygens (including phenoxy) is 1. The van der Waals surface area contributed by atoms with Crippen LogP contribution >= 0.6 is 0 Å². The maximum Gasteiger partial charge on any atom is 0.165 e. The molecule has 3 aliphatic carbocycles. The Labute approximate surface area is 173 Å². The summed E-state index contributed by atoms with van der Waals surface area (Å²) >= 11 is 0. The number of carbonyl (C=O) groups excluding carboxylic acids is 1. The molecule has 1 aromatic heterocycles. The Kier molecular flexibility index (Phi) is 4.41. The molecule has 0 unspecified atom stereocenters. The van der Waals surface area contributed by atoms with Crippen molar-refractivity contribution < 1.29 is 9.53 Å². The first kappa shape index (κ1) is 18.7. The van der Waals surface area contributed by atoms with Crippen molar-refractivity contribution >= 4 is 11.9 Å². The van der Waals surface area contributed by atoms with Crippen molar-refractivity contribution in [2.24, 2.45) is 17.3 Å². The van der Waals surface area contributed by atoms with Crippen LogP contribution in [0, 0.1) is 17.3 Å². The van der Waals surface area contributed by atoms with Crippen LogP contribution in [0.2, 0.25) is 0 Å². The third-order valence-electron chi connectivity index (χ3n) is 7.89. The van der Waals surface area contributed by atoms with Crippen LogP contribution < -0.4 is 4.74 Å². The number of ketones is 1. The Morgan fingerprint density at radius 2 is 2.21 bits per heavy atom. The molecule has 0 amide bonds. The zero-order chi connectivity index (χ0) is 20.2. The van der Waals surface area contributed by atoms with Gasteiger partial charge in [-0.2, -0.15) is 5.10 Å². The van der Waals surface area contributed by atoms with Crippen LogP contribution in [-0.2, 0) is 17.8 Å². The Balaban J connectivity index is 1.46. The van der Waals surface area contributed by atoms with Crippen molar-refractivity contribution in [3.05, 3.63) is 52.9 Å². The van der Waals surface area contributed by atoms with Gasteiger partial charge < -0.3 is 4.74 Å². The fourth-order valence-electron chi connectivity index (χ4n) is 6.31. The predicted octanol–water partition coefficient (Wildman–Crippen LogP) is 5.03. The number of methoxy groups -OCH3 is 1. The van der Waals surface area contributed by atoms with Gasteiger partial charge in [0, 0.05) is 23.7 Å². The summed E-state index contributed by atoms with van der Waals surface area (Å²) in [7, 11) is 1.74. The summed E-state index contributed by atoms with van der Waals surface area (Å²) in [4.78, 5) is 13.4. The van der Waals surface area contributed by atoms with E-state index in [1.54, 1.807) is 7.11 Å². The Morgan fingerprint density at radius 3 is 2.97 bits per heavy atom. The normalized spacial score (nSPS) is 32.0. The van der Waals surface area contributed by atoms with Gasteiger partial charge in [-0.05, 0) is 91.7 Å². The number of aryl methyl sites for hydroxylation is 2. The highest BCUT2D eigenvalue weighted by molar-refractivity contribution is 6.05. The zero-order valence-electron chi connectivity index (χ0n) is 17.6. The van der Waals surface area contributed by atoms with Gasteiger partial charge in [-0.3, -0.25) is 9.48 Å². The van der Waals surface area contributed by atoms with Gasteiger partial charge in [0.15, 0.2) is 5.78 Å². The van der Waals surface area contributed by atoms with Gasteiger partial charge in [0.05, 0.1) is 13.3 Å². The van der Waals surface area contributed by atoms with Crippen LogP contribution in [0.1, 0.15) is 62.1 Å². The van der Waals surface area contributed by atoms with E-state index in [1.165, 1.54) is 17.5 Å². The van der Waals surface area contributed by atoms with Crippen LogP contribution in [0.3, 0.4) is 0 Å². The number of hydrogen-bond donors (Lipinski definition) is 0. The second-order valence-corrected chi connectivity index (χ2v) is 9.27. The minimum Gasteiger partial charge on any atom is -0.497 e. The molecular formula is C25H30N2O2. The molecule has 0 bridgehead atoms. The highest BCUT2D eigenvalue weighted by atomic mass is 16.5. The fourth-order valence-corrected chi connectivity index (χ4v) is 6.31. The Bertz CT molecular complexity index is 988. The average Bonchev–Trinajstić information content (AvgIpc) is 3.30. The Hall–Kier alpha value is -2.36. The van der Waals surface area contributed by atoms with Gasteiger partial charge in [-0.15, -0.1) is 0 Å². The molecule has 2 fully saturated rings. The number of rotatable bonds is 3. The predicted molar refractivity (Wildman–Crippen MR) is 114 cm³/mol. The summed E-state index contributed by atoms with van der Waals surface area (Å²) in [6.07, 6.45) is 11.3. The third-order valence-corrected chi connectivity index (χ3v) is 7.89. The highest BCUT2D eigenvalue weighted by Gasteiger charge is 2.56. The molecule has 1 heterocycles. The van der Waals surface area contributed by atoms with Crippen molar-refractivity contribution in [3.8, 4) is 5.75 Å². The van der Waals surface area contributed by atoms with Crippen LogP contribution in [-0.4, -0.2) is 22.7 Å². The van der Waals surface area contributed by atoms with Crippen LogP contribution in [0.5, 0.6) is 5.75 Å². The second kappa shape index (κ2) is 6.86. The minimum absolute atomic E-state index is 0.197. The zero-order valence-corrected chi connectivity index (χ0v) is 17.6. The van der Waals surface area contributed by atoms with Crippen molar-refractivity contribution in [2.75, 3.05) is 7.11 Å². The maximum absolute atomic E-state index is 13.4. The molecule has 3 aliphatic rings. The molecule has 0 spiro atoms.